The van der Waals surface area contributed by atoms with Crippen molar-refractivity contribution in [1.82, 2.24) is 15.1 Å². The molecule has 3 rings (SSSR count). The third kappa shape index (κ3) is 3.07. The molecular weight excluding hydrogens is 338 g/mol. The van der Waals surface area contributed by atoms with Gasteiger partial charge in [-0.25, -0.2) is 4.79 Å². The summed E-state index contributed by atoms with van der Waals surface area (Å²) in [6.45, 7) is 4.10. The van der Waals surface area contributed by atoms with E-state index in [-0.39, 0.29) is 19.2 Å². The van der Waals surface area contributed by atoms with E-state index < -0.39 is 17.5 Å². The highest BCUT2D eigenvalue weighted by molar-refractivity contribution is 6.09. The van der Waals surface area contributed by atoms with E-state index in [0.717, 1.165) is 17.7 Å². The number of nitrogens with zero attached hydrogens (tertiary/aromatic N) is 2. The summed E-state index contributed by atoms with van der Waals surface area (Å²) < 4.78 is 10.6. The van der Waals surface area contributed by atoms with Crippen molar-refractivity contribution >= 4 is 17.8 Å². The molecule has 1 aromatic rings. The summed E-state index contributed by atoms with van der Waals surface area (Å²) in [7, 11) is 1.67. The van der Waals surface area contributed by atoms with Crippen LogP contribution in [0.1, 0.15) is 32.3 Å². The molecule has 0 spiro atoms. The van der Waals surface area contributed by atoms with E-state index in [4.69, 9.17) is 9.47 Å². The molecule has 8 heteroatoms. The largest absolute Gasteiger partial charge is 0.454 e. The lowest BCUT2D eigenvalue weighted by molar-refractivity contribution is -0.138. The van der Waals surface area contributed by atoms with Crippen LogP contribution in [0.4, 0.5) is 4.79 Å². The molecular formula is C18H23N3O5. The third-order valence-corrected chi connectivity index (χ3v) is 4.79. The minimum atomic E-state index is -1.25. The smallest absolute Gasteiger partial charge is 0.325 e. The first kappa shape index (κ1) is 18.0. The summed E-state index contributed by atoms with van der Waals surface area (Å²) in [5, 5.41) is 2.70. The molecule has 1 aromatic carbocycles. The Morgan fingerprint density at radius 1 is 1.31 bits per heavy atom. The molecule has 1 atom stereocenters. The van der Waals surface area contributed by atoms with E-state index in [2.05, 4.69) is 5.32 Å². The first-order valence-electron chi connectivity index (χ1n) is 8.65. The maximum absolute atomic E-state index is 12.9. The lowest BCUT2D eigenvalue weighted by Gasteiger charge is -2.23. The van der Waals surface area contributed by atoms with E-state index >= 15 is 0 Å². The summed E-state index contributed by atoms with van der Waals surface area (Å²) in [5.41, 5.74) is -0.672. The molecule has 2 aliphatic heterocycles. The van der Waals surface area contributed by atoms with Gasteiger partial charge in [0.2, 0.25) is 12.7 Å². The predicted molar refractivity (Wildman–Crippen MR) is 92.7 cm³/mol. The van der Waals surface area contributed by atoms with Crippen LogP contribution in [0.3, 0.4) is 0 Å². The van der Waals surface area contributed by atoms with Gasteiger partial charge in [-0.05, 0) is 31.0 Å². The van der Waals surface area contributed by atoms with Crippen molar-refractivity contribution in [2.45, 2.75) is 32.2 Å². The van der Waals surface area contributed by atoms with E-state index in [1.165, 1.54) is 0 Å². The number of hydrogen-bond donors (Lipinski definition) is 1. The van der Waals surface area contributed by atoms with Crippen LogP contribution in [0.25, 0.3) is 0 Å². The number of carbonyl (C=O) groups is 3. The first-order valence-corrected chi connectivity index (χ1v) is 8.65. The molecule has 1 fully saturated rings. The number of imide groups is 1. The zero-order chi connectivity index (χ0) is 18.9. The van der Waals surface area contributed by atoms with E-state index in [1.54, 1.807) is 37.1 Å². The van der Waals surface area contributed by atoms with Crippen molar-refractivity contribution in [2.24, 2.45) is 0 Å². The Kier molecular flexibility index (Phi) is 4.76. The summed E-state index contributed by atoms with van der Waals surface area (Å²) in [4.78, 5) is 40.1. The zero-order valence-corrected chi connectivity index (χ0v) is 15.2. The van der Waals surface area contributed by atoms with Gasteiger partial charge < -0.3 is 19.7 Å². The molecule has 2 aliphatic rings. The van der Waals surface area contributed by atoms with Gasteiger partial charge in [0.25, 0.3) is 5.91 Å². The number of nitrogens with one attached hydrogen (secondary N) is 1. The quantitative estimate of drug-likeness (QED) is 0.775. The lowest BCUT2D eigenvalue weighted by Crippen LogP contribution is -2.43. The fourth-order valence-corrected chi connectivity index (χ4v) is 3.02. The maximum atomic E-state index is 12.9. The first-order chi connectivity index (χ1) is 12.4. The zero-order valence-electron chi connectivity index (χ0n) is 15.2. The highest BCUT2D eigenvalue weighted by Gasteiger charge is 2.50. The van der Waals surface area contributed by atoms with Gasteiger partial charge in [-0.1, -0.05) is 19.4 Å². The Labute approximate surface area is 152 Å². The summed E-state index contributed by atoms with van der Waals surface area (Å²) in [6, 6.07) is 4.52. The predicted octanol–water partition coefficient (Wildman–Crippen LogP) is 1.44. The molecule has 4 amide bonds. The van der Waals surface area contributed by atoms with E-state index in [1.807, 2.05) is 6.92 Å². The van der Waals surface area contributed by atoms with Crippen LogP contribution in [0.15, 0.2) is 18.2 Å². The molecule has 1 saturated heterocycles. The average molecular weight is 361 g/mol. The van der Waals surface area contributed by atoms with Crippen molar-refractivity contribution in [3.63, 3.8) is 0 Å². The van der Waals surface area contributed by atoms with Gasteiger partial charge in [0.15, 0.2) is 11.5 Å². The topological polar surface area (TPSA) is 88.2 Å². The number of likely N-dealkylation sites (N-methyl/N-ethyl adjacent to an activating group) is 1. The Morgan fingerprint density at radius 3 is 2.77 bits per heavy atom. The van der Waals surface area contributed by atoms with Crippen molar-refractivity contribution in [2.75, 3.05) is 26.9 Å². The molecule has 140 valence electrons. The van der Waals surface area contributed by atoms with Gasteiger partial charge in [-0.15, -0.1) is 0 Å². The number of hydrogen-bond acceptors (Lipinski definition) is 5. The molecule has 0 radical (unpaired) electrons. The summed E-state index contributed by atoms with van der Waals surface area (Å²) in [6.07, 6.45) is 1.83. The Morgan fingerprint density at radius 2 is 2.04 bits per heavy atom. The van der Waals surface area contributed by atoms with Crippen LogP contribution in [0.2, 0.25) is 0 Å². The van der Waals surface area contributed by atoms with Crippen molar-refractivity contribution in [1.29, 1.82) is 0 Å². The van der Waals surface area contributed by atoms with E-state index in [9.17, 15) is 14.4 Å². The normalized spacial score (nSPS) is 21.1. The van der Waals surface area contributed by atoms with Crippen molar-refractivity contribution < 1.29 is 23.9 Å². The van der Waals surface area contributed by atoms with Gasteiger partial charge in [0.1, 0.15) is 12.1 Å². The average Bonchev–Trinajstić information content (AvgIpc) is 3.17. The number of amides is 4. The molecule has 0 aromatic heterocycles. The second-order valence-corrected chi connectivity index (χ2v) is 6.68. The molecule has 26 heavy (non-hydrogen) atoms. The van der Waals surface area contributed by atoms with Crippen LogP contribution in [-0.2, 0) is 15.1 Å². The molecule has 1 N–H and O–H groups in total. The minimum absolute atomic E-state index is 0.126. The number of fused-ring (bicyclic) bond motifs is 1. The molecule has 0 unspecified atom stereocenters. The van der Waals surface area contributed by atoms with Gasteiger partial charge in [0.05, 0.1) is 0 Å². The summed E-state index contributed by atoms with van der Waals surface area (Å²) >= 11 is 0. The number of ether oxygens (including phenoxy) is 2. The molecule has 8 nitrogen and oxygen atoms in total. The van der Waals surface area contributed by atoms with Gasteiger partial charge in [-0.3, -0.25) is 14.5 Å². The molecule has 2 heterocycles. The number of rotatable bonds is 6. The second kappa shape index (κ2) is 6.86. The van der Waals surface area contributed by atoms with Gasteiger partial charge in [0, 0.05) is 13.6 Å². The minimum Gasteiger partial charge on any atom is -0.454 e. The van der Waals surface area contributed by atoms with Gasteiger partial charge >= 0.3 is 6.03 Å². The number of unbranched alkanes of at least 4 members (excludes halogenated alkanes) is 1. The lowest BCUT2D eigenvalue weighted by atomic mass is 9.91. The fraction of sp³-hybridized carbons (Fsp3) is 0.500. The number of urea groups is 1. The van der Waals surface area contributed by atoms with E-state index in [0.29, 0.717) is 23.6 Å². The molecule has 0 saturated carbocycles. The van der Waals surface area contributed by atoms with Crippen LogP contribution >= 0.6 is 0 Å². The SMILES string of the molecule is CCCCN(C)C(=O)CN1C(=O)N[C@](C)(c2ccc3c(c2)OCO3)C1=O. The van der Waals surface area contributed by atoms with Crippen molar-refractivity contribution in [3.05, 3.63) is 23.8 Å². The number of carbonyl (C=O) groups excluding carboxylic acids is 3. The molecule has 0 bridgehead atoms. The van der Waals surface area contributed by atoms with Gasteiger partial charge in [-0.2, -0.15) is 0 Å². The van der Waals surface area contributed by atoms with Crippen LogP contribution < -0.4 is 14.8 Å². The van der Waals surface area contributed by atoms with Crippen LogP contribution in [-0.4, -0.2) is 54.6 Å². The Bertz CT molecular complexity index is 750. The Hall–Kier alpha value is -2.77. The highest BCUT2D eigenvalue weighted by Crippen LogP contribution is 2.37. The van der Waals surface area contributed by atoms with Crippen LogP contribution in [0.5, 0.6) is 11.5 Å². The highest BCUT2D eigenvalue weighted by atomic mass is 16.7. The monoisotopic (exact) mass is 361 g/mol. The Balaban J connectivity index is 1.76. The molecule has 0 aliphatic carbocycles. The van der Waals surface area contributed by atoms with Crippen LogP contribution in [0, 0.1) is 0 Å². The number of benzene rings is 1. The standard InChI is InChI=1S/C18H23N3O5/c1-4-5-8-20(3)15(22)10-21-16(23)18(2,19-17(21)24)12-6-7-13-14(9-12)26-11-25-13/h6-7,9H,4-5,8,10-11H2,1-3H3,(H,19,24)/t18-/m1/s1. The second-order valence-electron chi connectivity index (χ2n) is 6.68. The summed E-state index contributed by atoms with van der Waals surface area (Å²) in [5.74, 6) is 0.397. The fourth-order valence-electron chi connectivity index (χ4n) is 3.02. The third-order valence-electron chi connectivity index (χ3n) is 4.79. The maximum Gasteiger partial charge on any atom is 0.325 e. The van der Waals surface area contributed by atoms with Crippen molar-refractivity contribution in [3.8, 4) is 11.5 Å².